The second-order valence-corrected chi connectivity index (χ2v) is 5.17. The smallest absolute Gasteiger partial charge is 0.235 e. The number of halogens is 1. The van der Waals surface area contributed by atoms with Crippen LogP contribution in [0.5, 0.6) is 0 Å². The summed E-state index contributed by atoms with van der Waals surface area (Å²) >= 11 is 0. The van der Waals surface area contributed by atoms with Crippen molar-refractivity contribution in [1.82, 2.24) is 0 Å². The summed E-state index contributed by atoms with van der Waals surface area (Å²) in [4.78, 5) is 0. The van der Waals surface area contributed by atoms with Crippen LogP contribution in [0.15, 0.2) is 0 Å². The van der Waals surface area contributed by atoms with E-state index in [4.69, 9.17) is 15.4 Å². The van der Waals surface area contributed by atoms with Gasteiger partial charge < -0.3 is 4.74 Å². The van der Waals surface area contributed by atoms with Gasteiger partial charge in [-0.15, -0.1) is 0 Å². The van der Waals surface area contributed by atoms with Gasteiger partial charge in [-0.1, -0.05) is 13.3 Å². The lowest BCUT2D eigenvalue weighted by Gasteiger charge is -2.10. The van der Waals surface area contributed by atoms with Crippen molar-refractivity contribution in [3.63, 3.8) is 0 Å². The molecule has 5 heteroatoms. The first kappa shape index (κ1) is 11.2. The highest BCUT2D eigenvalue weighted by Crippen LogP contribution is 2.07. The van der Waals surface area contributed by atoms with E-state index in [1.54, 1.807) is 0 Å². The largest absolute Gasteiger partial charge is 0.380 e. The van der Waals surface area contributed by atoms with Gasteiger partial charge in [-0.25, -0.2) is 8.42 Å². The van der Waals surface area contributed by atoms with Crippen molar-refractivity contribution >= 4 is 19.7 Å². The van der Waals surface area contributed by atoms with Crippen LogP contribution in [0.4, 0.5) is 0 Å². The second-order valence-electron chi connectivity index (χ2n) is 2.35. The molecule has 0 heterocycles. The Labute approximate surface area is 72.1 Å². The van der Waals surface area contributed by atoms with Gasteiger partial charge in [-0.2, -0.15) is 0 Å². The van der Waals surface area contributed by atoms with Crippen molar-refractivity contribution in [3.8, 4) is 0 Å². The first-order valence-electron chi connectivity index (χ1n) is 3.44. The fourth-order valence-corrected chi connectivity index (χ4v) is 1.98. The fraction of sp³-hybridized carbons (Fsp3) is 1.00. The molecule has 1 unspecified atom stereocenters. The third kappa shape index (κ3) is 6.59. The Morgan fingerprint density at radius 3 is 2.36 bits per heavy atom. The molecule has 0 aliphatic heterocycles. The first-order chi connectivity index (χ1) is 4.99. The molecular weight excluding hydrogens is 188 g/mol. The molecule has 68 valence electrons. The van der Waals surface area contributed by atoms with Crippen molar-refractivity contribution in [2.45, 2.75) is 25.9 Å². The van der Waals surface area contributed by atoms with Crippen LogP contribution in [-0.2, 0) is 13.8 Å². The standard InChI is InChI=1S/C6H13ClO3S/c1-3-4-6(10-2)5-11(7,8)9/h6H,3-5H2,1-2H3. The van der Waals surface area contributed by atoms with Crippen molar-refractivity contribution in [1.29, 1.82) is 0 Å². The van der Waals surface area contributed by atoms with E-state index in [1.165, 1.54) is 7.11 Å². The maximum atomic E-state index is 10.6. The summed E-state index contributed by atoms with van der Waals surface area (Å²) in [6.45, 7) is 1.97. The van der Waals surface area contributed by atoms with Crippen molar-refractivity contribution in [2.24, 2.45) is 0 Å². The number of rotatable bonds is 5. The normalized spacial score (nSPS) is 14.8. The van der Waals surface area contributed by atoms with Gasteiger partial charge in [0.25, 0.3) is 0 Å². The Kier molecular flexibility index (Phi) is 5.04. The average Bonchev–Trinajstić information content (AvgIpc) is 1.84. The zero-order chi connectivity index (χ0) is 8.91. The minimum absolute atomic E-state index is 0.0983. The van der Waals surface area contributed by atoms with E-state index in [0.29, 0.717) is 0 Å². The number of ether oxygens (including phenoxy) is 1. The summed E-state index contributed by atoms with van der Waals surface area (Å²) in [6, 6.07) is 0. The molecule has 1 atom stereocenters. The van der Waals surface area contributed by atoms with Gasteiger partial charge in [0.05, 0.1) is 11.9 Å². The molecule has 0 radical (unpaired) electrons. The Balaban J connectivity index is 3.88. The van der Waals surface area contributed by atoms with Crippen LogP contribution in [0.2, 0.25) is 0 Å². The van der Waals surface area contributed by atoms with E-state index >= 15 is 0 Å². The molecule has 0 aromatic heterocycles. The van der Waals surface area contributed by atoms with Crippen LogP contribution in [0, 0.1) is 0 Å². The van der Waals surface area contributed by atoms with Crippen molar-refractivity contribution < 1.29 is 13.2 Å². The Hall–Kier alpha value is 0.200. The van der Waals surface area contributed by atoms with E-state index in [2.05, 4.69) is 0 Å². The lowest BCUT2D eigenvalue weighted by molar-refractivity contribution is 0.113. The number of methoxy groups -OCH3 is 1. The first-order valence-corrected chi connectivity index (χ1v) is 5.92. The molecule has 0 rings (SSSR count). The molecular formula is C6H13ClO3S. The monoisotopic (exact) mass is 200 g/mol. The van der Waals surface area contributed by atoms with E-state index in [1.807, 2.05) is 6.92 Å². The Morgan fingerprint density at radius 2 is 2.09 bits per heavy atom. The van der Waals surface area contributed by atoms with Crippen LogP contribution >= 0.6 is 10.7 Å². The molecule has 0 aliphatic carbocycles. The van der Waals surface area contributed by atoms with Crippen LogP contribution in [0.3, 0.4) is 0 Å². The van der Waals surface area contributed by atoms with E-state index in [9.17, 15) is 8.42 Å². The molecule has 0 spiro atoms. The Morgan fingerprint density at radius 1 is 1.55 bits per heavy atom. The van der Waals surface area contributed by atoms with Crippen LogP contribution < -0.4 is 0 Å². The second kappa shape index (κ2) is 4.95. The molecule has 0 aliphatic rings. The molecule has 0 fully saturated rings. The van der Waals surface area contributed by atoms with Gasteiger partial charge in [0.1, 0.15) is 0 Å². The lowest BCUT2D eigenvalue weighted by Crippen LogP contribution is -2.19. The van der Waals surface area contributed by atoms with Gasteiger partial charge in [-0.05, 0) is 6.42 Å². The molecule has 0 N–H and O–H groups in total. The van der Waals surface area contributed by atoms with Gasteiger partial charge in [0.2, 0.25) is 9.05 Å². The van der Waals surface area contributed by atoms with Gasteiger partial charge >= 0.3 is 0 Å². The highest BCUT2D eigenvalue weighted by Gasteiger charge is 2.14. The van der Waals surface area contributed by atoms with E-state index in [-0.39, 0.29) is 11.9 Å². The predicted molar refractivity (Wildman–Crippen MR) is 45.3 cm³/mol. The van der Waals surface area contributed by atoms with Crippen LogP contribution in [-0.4, -0.2) is 27.4 Å². The minimum Gasteiger partial charge on any atom is -0.380 e. The van der Waals surface area contributed by atoms with Gasteiger partial charge in [0.15, 0.2) is 0 Å². The third-order valence-electron chi connectivity index (χ3n) is 1.33. The molecule has 0 saturated heterocycles. The summed E-state index contributed by atoms with van der Waals surface area (Å²) in [7, 11) is 3.11. The molecule has 0 aromatic rings. The average molecular weight is 201 g/mol. The summed E-state index contributed by atoms with van der Waals surface area (Å²) in [5.74, 6) is -0.0983. The van der Waals surface area contributed by atoms with Crippen LogP contribution in [0.25, 0.3) is 0 Å². The predicted octanol–water partition coefficient (Wildman–Crippen LogP) is 1.37. The number of hydrogen-bond donors (Lipinski definition) is 0. The zero-order valence-electron chi connectivity index (χ0n) is 6.71. The SMILES string of the molecule is CCCC(CS(=O)(=O)Cl)OC. The van der Waals surface area contributed by atoms with Crippen molar-refractivity contribution in [2.75, 3.05) is 12.9 Å². The quantitative estimate of drug-likeness (QED) is 0.630. The topological polar surface area (TPSA) is 43.4 Å². The fourth-order valence-electron chi connectivity index (χ4n) is 0.813. The van der Waals surface area contributed by atoms with Gasteiger partial charge in [-0.3, -0.25) is 0 Å². The zero-order valence-corrected chi connectivity index (χ0v) is 8.28. The van der Waals surface area contributed by atoms with Crippen molar-refractivity contribution in [3.05, 3.63) is 0 Å². The van der Waals surface area contributed by atoms with Crippen LogP contribution in [0.1, 0.15) is 19.8 Å². The highest BCUT2D eigenvalue weighted by atomic mass is 35.7. The summed E-state index contributed by atoms with van der Waals surface area (Å²) in [5.41, 5.74) is 0. The molecule has 0 amide bonds. The lowest BCUT2D eigenvalue weighted by atomic mass is 10.2. The highest BCUT2D eigenvalue weighted by molar-refractivity contribution is 8.13. The summed E-state index contributed by atoms with van der Waals surface area (Å²) < 4.78 is 26.0. The minimum atomic E-state index is -3.41. The third-order valence-corrected chi connectivity index (χ3v) is 2.48. The Bertz CT molecular complexity index is 188. The molecule has 0 bridgehead atoms. The molecule has 11 heavy (non-hydrogen) atoms. The molecule has 0 saturated carbocycles. The summed E-state index contributed by atoms with van der Waals surface area (Å²) in [5, 5.41) is 0. The number of hydrogen-bond acceptors (Lipinski definition) is 3. The maximum Gasteiger partial charge on any atom is 0.235 e. The van der Waals surface area contributed by atoms with E-state index < -0.39 is 9.05 Å². The van der Waals surface area contributed by atoms with E-state index in [0.717, 1.165) is 12.8 Å². The molecule has 3 nitrogen and oxygen atoms in total. The maximum absolute atomic E-state index is 10.6. The summed E-state index contributed by atoms with van der Waals surface area (Å²) in [6.07, 6.45) is 1.36. The molecule has 0 aromatic carbocycles. The van der Waals surface area contributed by atoms with Gasteiger partial charge in [0, 0.05) is 17.8 Å².